The smallest absolute Gasteiger partial charge is 0.318 e. The lowest BCUT2D eigenvalue weighted by atomic mass is 10.1. The number of hydrogen-bond donors (Lipinski definition) is 1. The van der Waals surface area contributed by atoms with Gasteiger partial charge in [-0.25, -0.2) is 0 Å². The summed E-state index contributed by atoms with van der Waals surface area (Å²) >= 11 is 8.50. The highest BCUT2D eigenvalue weighted by Crippen LogP contribution is 2.21. The summed E-state index contributed by atoms with van der Waals surface area (Å²) in [6, 6.07) is 5.55. The third-order valence-corrected chi connectivity index (χ3v) is 4.75. The Labute approximate surface area is 191 Å². The summed E-state index contributed by atoms with van der Waals surface area (Å²) in [5, 5.41) is 2.12. The number of carbonyl (C=O) groups is 4. The van der Waals surface area contributed by atoms with Gasteiger partial charge in [0.25, 0.3) is 0 Å². The fraction of sp³-hybridized carbons (Fsp3) is 0.524. The van der Waals surface area contributed by atoms with E-state index in [9.17, 15) is 19.2 Å². The molecule has 0 saturated heterocycles. The summed E-state index contributed by atoms with van der Waals surface area (Å²) < 4.78 is 10.5. The summed E-state index contributed by atoms with van der Waals surface area (Å²) in [6.07, 6.45) is 0.807. The fourth-order valence-electron chi connectivity index (χ4n) is 2.35. The van der Waals surface area contributed by atoms with Crippen LogP contribution >= 0.6 is 27.5 Å². The van der Waals surface area contributed by atoms with E-state index in [1.165, 1.54) is 0 Å². The van der Waals surface area contributed by atoms with Gasteiger partial charge >= 0.3 is 11.9 Å². The van der Waals surface area contributed by atoms with Crippen LogP contribution in [0.1, 0.15) is 46.1 Å². The van der Waals surface area contributed by atoms with Crippen molar-refractivity contribution in [3.63, 3.8) is 0 Å². The van der Waals surface area contributed by atoms with Gasteiger partial charge in [0, 0.05) is 10.2 Å². The highest BCUT2D eigenvalue weighted by atomic mass is 79.9. The van der Waals surface area contributed by atoms with Crippen molar-refractivity contribution in [2.75, 3.05) is 18.5 Å². The average Bonchev–Trinajstić information content (AvgIpc) is 2.66. The standard InChI is InChI=1S/C14H18BrNO3.C7H11ClO3/c1-4-11(14(18)19-5-2)13(17)16-12-7-6-10(15)8-9(12)3;1-3-5(6(8)9)7(10)11-4-2/h6-8,11H,4-5H2,1-3H3,(H,16,17);5H,3-4H2,1-2H3. The molecule has 0 fully saturated rings. The monoisotopic (exact) mass is 505 g/mol. The Bertz CT molecular complexity index is 740. The minimum absolute atomic E-state index is 0.277. The Kier molecular flexibility index (Phi) is 14.0. The maximum atomic E-state index is 12.1. The van der Waals surface area contributed by atoms with Crippen molar-refractivity contribution in [1.82, 2.24) is 0 Å². The molecule has 1 amide bonds. The van der Waals surface area contributed by atoms with E-state index in [-0.39, 0.29) is 19.1 Å². The normalized spacial score (nSPS) is 12.0. The number of ether oxygens (including phenoxy) is 2. The molecule has 30 heavy (non-hydrogen) atoms. The average molecular weight is 507 g/mol. The molecule has 0 spiro atoms. The molecule has 168 valence electrons. The van der Waals surface area contributed by atoms with Gasteiger partial charge in [-0.15, -0.1) is 0 Å². The number of esters is 2. The maximum Gasteiger partial charge on any atom is 0.318 e. The fourth-order valence-corrected chi connectivity index (χ4v) is 3.07. The Balaban J connectivity index is 0.000000654. The first-order valence-corrected chi connectivity index (χ1v) is 10.9. The van der Waals surface area contributed by atoms with Crippen molar-refractivity contribution < 1.29 is 28.7 Å². The van der Waals surface area contributed by atoms with Crippen LogP contribution in [-0.4, -0.2) is 36.3 Å². The molecule has 2 atom stereocenters. The Hall–Kier alpha value is -1.93. The summed E-state index contributed by atoms with van der Waals surface area (Å²) in [4.78, 5) is 45.2. The molecule has 0 aliphatic rings. The molecule has 0 aliphatic carbocycles. The molecule has 1 aromatic carbocycles. The largest absolute Gasteiger partial charge is 0.465 e. The highest BCUT2D eigenvalue weighted by Gasteiger charge is 2.26. The molecule has 1 aromatic rings. The van der Waals surface area contributed by atoms with Crippen molar-refractivity contribution in [3.8, 4) is 0 Å². The van der Waals surface area contributed by atoms with Crippen LogP contribution in [0, 0.1) is 18.8 Å². The van der Waals surface area contributed by atoms with Crippen LogP contribution in [0.4, 0.5) is 5.69 Å². The molecule has 0 heterocycles. The molecule has 0 aromatic heterocycles. The number of amides is 1. The molecule has 1 rings (SSSR count). The predicted octanol–water partition coefficient (Wildman–Crippen LogP) is 4.63. The minimum atomic E-state index is -0.795. The highest BCUT2D eigenvalue weighted by molar-refractivity contribution is 9.10. The van der Waals surface area contributed by atoms with Crippen molar-refractivity contribution in [2.24, 2.45) is 11.8 Å². The number of hydrogen-bond acceptors (Lipinski definition) is 6. The number of halogens is 2. The Morgan fingerprint density at radius 3 is 1.87 bits per heavy atom. The topological polar surface area (TPSA) is 98.8 Å². The summed E-state index contributed by atoms with van der Waals surface area (Å²) in [5.74, 6) is -2.89. The number of carbonyl (C=O) groups excluding carboxylic acids is 4. The van der Waals surface area contributed by atoms with E-state index in [1.807, 2.05) is 19.1 Å². The van der Waals surface area contributed by atoms with Gasteiger partial charge in [-0.3, -0.25) is 19.2 Å². The van der Waals surface area contributed by atoms with Crippen molar-refractivity contribution in [2.45, 2.75) is 47.5 Å². The molecule has 0 bridgehead atoms. The van der Waals surface area contributed by atoms with Crippen molar-refractivity contribution in [3.05, 3.63) is 28.2 Å². The number of aryl methyl sites for hydroxylation is 1. The van der Waals surface area contributed by atoms with Crippen molar-refractivity contribution >= 4 is 56.3 Å². The minimum Gasteiger partial charge on any atom is -0.465 e. The Morgan fingerprint density at radius 1 is 0.967 bits per heavy atom. The van der Waals surface area contributed by atoms with E-state index < -0.39 is 29.0 Å². The molecule has 7 nitrogen and oxygen atoms in total. The lowest BCUT2D eigenvalue weighted by molar-refractivity contribution is -0.152. The zero-order valence-corrected chi connectivity index (χ0v) is 20.3. The number of anilines is 1. The zero-order valence-electron chi connectivity index (χ0n) is 17.9. The lowest BCUT2D eigenvalue weighted by Crippen LogP contribution is -2.30. The van der Waals surface area contributed by atoms with Gasteiger partial charge in [-0.2, -0.15) is 0 Å². The number of benzene rings is 1. The van der Waals surface area contributed by atoms with Crippen LogP contribution in [0.25, 0.3) is 0 Å². The number of rotatable bonds is 9. The van der Waals surface area contributed by atoms with Crippen LogP contribution < -0.4 is 5.32 Å². The van der Waals surface area contributed by atoms with Crippen LogP contribution in [-0.2, 0) is 28.7 Å². The zero-order chi connectivity index (χ0) is 23.3. The van der Waals surface area contributed by atoms with Crippen molar-refractivity contribution in [1.29, 1.82) is 0 Å². The van der Waals surface area contributed by atoms with Gasteiger partial charge in [0.2, 0.25) is 11.1 Å². The summed E-state index contributed by atoms with van der Waals surface area (Å²) in [6.45, 7) is 9.35. The third kappa shape index (κ3) is 9.71. The molecule has 0 aliphatic heterocycles. The molecular formula is C21H29BrClNO6. The van der Waals surface area contributed by atoms with Gasteiger partial charge in [0.1, 0.15) is 11.8 Å². The van der Waals surface area contributed by atoms with Gasteiger partial charge in [0.15, 0.2) is 0 Å². The van der Waals surface area contributed by atoms with E-state index in [4.69, 9.17) is 16.3 Å². The summed E-state index contributed by atoms with van der Waals surface area (Å²) in [5.41, 5.74) is 1.64. The first kappa shape index (κ1) is 28.1. The van der Waals surface area contributed by atoms with Crippen LogP contribution in [0.15, 0.2) is 22.7 Å². The van der Waals surface area contributed by atoms with E-state index in [1.54, 1.807) is 33.8 Å². The van der Waals surface area contributed by atoms with E-state index in [0.717, 1.165) is 10.0 Å². The van der Waals surface area contributed by atoms with E-state index >= 15 is 0 Å². The lowest BCUT2D eigenvalue weighted by Gasteiger charge is -2.15. The van der Waals surface area contributed by atoms with Gasteiger partial charge in [-0.1, -0.05) is 29.8 Å². The molecular weight excluding hydrogens is 478 g/mol. The second-order valence-electron chi connectivity index (χ2n) is 6.18. The molecule has 9 heteroatoms. The number of nitrogens with one attached hydrogen (secondary N) is 1. The second kappa shape index (κ2) is 15.0. The SMILES string of the molecule is CCOC(=O)C(CC)C(=O)Cl.CCOC(=O)C(CC)C(=O)Nc1ccc(Br)cc1C. The van der Waals surface area contributed by atoms with Crippen LogP contribution in [0.3, 0.4) is 0 Å². The first-order chi connectivity index (χ1) is 14.1. The van der Waals surface area contributed by atoms with Gasteiger partial charge in [0.05, 0.1) is 13.2 Å². The van der Waals surface area contributed by atoms with E-state index in [2.05, 4.69) is 26.0 Å². The third-order valence-electron chi connectivity index (χ3n) is 4.00. The quantitative estimate of drug-likeness (QED) is 0.298. The maximum absolute atomic E-state index is 12.1. The molecule has 1 N–H and O–H groups in total. The molecule has 2 unspecified atom stereocenters. The Morgan fingerprint density at radius 2 is 1.47 bits per heavy atom. The molecule has 0 radical (unpaired) electrons. The van der Waals surface area contributed by atoms with Gasteiger partial charge < -0.3 is 14.8 Å². The summed E-state index contributed by atoms with van der Waals surface area (Å²) in [7, 11) is 0. The van der Waals surface area contributed by atoms with Crippen LogP contribution in [0.5, 0.6) is 0 Å². The van der Waals surface area contributed by atoms with Crippen LogP contribution in [0.2, 0.25) is 0 Å². The molecule has 0 saturated carbocycles. The first-order valence-electron chi connectivity index (χ1n) is 9.72. The van der Waals surface area contributed by atoms with E-state index in [0.29, 0.717) is 18.5 Å². The van der Waals surface area contributed by atoms with Gasteiger partial charge in [-0.05, 0) is 69.0 Å². The second-order valence-corrected chi connectivity index (χ2v) is 7.47. The predicted molar refractivity (Wildman–Crippen MR) is 119 cm³/mol.